The van der Waals surface area contributed by atoms with Crippen LogP contribution in [0.4, 0.5) is 0 Å². The number of allylic oxidation sites excluding steroid dienone is 1. The minimum Gasteiger partial charge on any atom is -0.314 e. The van der Waals surface area contributed by atoms with E-state index in [4.69, 9.17) is 0 Å². The summed E-state index contributed by atoms with van der Waals surface area (Å²) in [4.78, 5) is 11.9. The minimum atomic E-state index is 0.0960. The van der Waals surface area contributed by atoms with Gasteiger partial charge in [0, 0.05) is 5.57 Å². The van der Waals surface area contributed by atoms with Crippen LogP contribution in [0.2, 0.25) is 0 Å². The van der Waals surface area contributed by atoms with Crippen molar-refractivity contribution in [1.82, 2.24) is 4.67 Å². The van der Waals surface area contributed by atoms with Crippen molar-refractivity contribution < 1.29 is 4.79 Å². The van der Waals surface area contributed by atoms with Gasteiger partial charge in [-0.2, -0.15) is 0 Å². The van der Waals surface area contributed by atoms with E-state index in [0.717, 1.165) is 31.3 Å². The molecule has 1 atom stereocenters. The molecule has 3 rings (SSSR count). The standard InChI is InChI=1S/C11H14NOP.C2H6/c1-7-2-3-8-9(6-7)11(4-5-11)12(14)10(8)13;1-2/h6H,2-5,14H2,1H3;1-2H3. The highest BCUT2D eigenvalue weighted by Crippen LogP contribution is 2.57. The van der Waals surface area contributed by atoms with Crippen molar-refractivity contribution in [2.24, 2.45) is 0 Å². The van der Waals surface area contributed by atoms with Crippen LogP contribution >= 0.6 is 9.39 Å². The molecule has 3 heteroatoms. The Morgan fingerprint density at radius 1 is 1.31 bits per heavy atom. The highest BCUT2D eigenvalue weighted by molar-refractivity contribution is 7.15. The van der Waals surface area contributed by atoms with Gasteiger partial charge >= 0.3 is 0 Å². The number of hydrogen-bond donors (Lipinski definition) is 0. The topological polar surface area (TPSA) is 20.3 Å². The van der Waals surface area contributed by atoms with E-state index in [2.05, 4.69) is 22.4 Å². The molecular weight excluding hydrogens is 217 g/mol. The first kappa shape index (κ1) is 11.9. The predicted molar refractivity (Wildman–Crippen MR) is 69.9 cm³/mol. The Labute approximate surface area is 100 Å². The van der Waals surface area contributed by atoms with Gasteiger partial charge < -0.3 is 4.67 Å². The number of rotatable bonds is 0. The van der Waals surface area contributed by atoms with Crippen LogP contribution < -0.4 is 0 Å². The van der Waals surface area contributed by atoms with Gasteiger partial charge in [0.2, 0.25) is 0 Å². The molecule has 16 heavy (non-hydrogen) atoms. The molecule has 1 fully saturated rings. The summed E-state index contributed by atoms with van der Waals surface area (Å²) in [5.41, 5.74) is 3.91. The number of nitrogens with zero attached hydrogens (tertiary/aromatic N) is 1. The van der Waals surface area contributed by atoms with Crippen LogP contribution in [0.1, 0.15) is 46.5 Å². The summed E-state index contributed by atoms with van der Waals surface area (Å²) < 4.78 is 1.88. The average molecular weight is 237 g/mol. The zero-order chi connectivity index (χ0) is 11.9. The number of fused-ring (bicyclic) bond motifs is 1. The lowest BCUT2D eigenvalue weighted by molar-refractivity contribution is -0.122. The predicted octanol–water partition coefficient (Wildman–Crippen LogP) is 3.21. The molecule has 2 aliphatic carbocycles. The quantitative estimate of drug-likeness (QED) is 0.592. The van der Waals surface area contributed by atoms with E-state index >= 15 is 0 Å². The summed E-state index contributed by atoms with van der Waals surface area (Å²) in [5, 5.41) is 0. The van der Waals surface area contributed by atoms with Gasteiger partial charge in [-0.3, -0.25) is 4.79 Å². The molecule has 0 aromatic rings. The summed E-state index contributed by atoms with van der Waals surface area (Å²) in [6.45, 7) is 6.16. The third kappa shape index (κ3) is 1.47. The molecule has 1 spiro atoms. The van der Waals surface area contributed by atoms with Crippen molar-refractivity contribution in [2.45, 2.75) is 52.0 Å². The third-order valence-corrected chi connectivity index (χ3v) is 4.38. The molecular formula is C13H20NOP. The molecule has 2 nitrogen and oxygen atoms in total. The molecule has 3 aliphatic rings. The highest BCUT2D eigenvalue weighted by Gasteiger charge is 2.57. The van der Waals surface area contributed by atoms with E-state index in [0.29, 0.717) is 0 Å². The molecule has 0 bridgehead atoms. The lowest BCUT2D eigenvalue weighted by atomic mass is 9.91. The molecule has 1 heterocycles. The second-order valence-corrected chi connectivity index (χ2v) is 5.11. The van der Waals surface area contributed by atoms with Gasteiger partial charge in [-0.15, -0.1) is 0 Å². The first-order valence-corrected chi connectivity index (χ1v) is 6.67. The fourth-order valence-corrected chi connectivity index (χ4v) is 3.15. The van der Waals surface area contributed by atoms with Crippen molar-refractivity contribution in [2.75, 3.05) is 0 Å². The molecule has 1 aliphatic heterocycles. The first-order chi connectivity index (χ1) is 7.65. The van der Waals surface area contributed by atoms with Crippen molar-refractivity contribution in [3.8, 4) is 0 Å². The van der Waals surface area contributed by atoms with Crippen LogP contribution in [0.5, 0.6) is 0 Å². The van der Waals surface area contributed by atoms with E-state index in [1.807, 2.05) is 18.5 Å². The summed E-state index contributed by atoms with van der Waals surface area (Å²) in [6, 6.07) is 0. The second-order valence-electron chi connectivity index (χ2n) is 4.59. The normalized spacial score (nSPS) is 25.1. The Kier molecular flexibility index (Phi) is 2.96. The van der Waals surface area contributed by atoms with E-state index in [1.54, 1.807) is 0 Å². The summed E-state index contributed by atoms with van der Waals surface area (Å²) in [5.74, 6) is 0.242. The number of amides is 1. The Hall–Kier alpha value is -0.620. The molecule has 0 radical (unpaired) electrons. The number of hydrogen-bond acceptors (Lipinski definition) is 1. The molecule has 0 saturated heterocycles. The molecule has 1 unspecified atom stereocenters. The van der Waals surface area contributed by atoms with Crippen LogP contribution in [0, 0.1) is 0 Å². The van der Waals surface area contributed by atoms with E-state index in [-0.39, 0.29) is 11.4 Å². The smallest absolute Gasteiger partial charge is 0.253 e. The molecule has 0 N–H and O–H groups in total. The van der Waals surface area contributed by atoms with E-state index in [1.165, 1.54) is 11.1 Å². The van der Waals surface area contributed by atoms with Crippen molar-refractivity contribution in [3.05, 3.63) is 22.8 Å². The van der Waals surface area contributed by atoms with Crippen LogP contribution in [0.15, 0.2) is 22.8 Å². The van der Waals surface area contributed by atoms with Gasteiger partial charge in [0.25, 0.3) is 5.91 Å². The van der Waals surface area contributed by atoms with Gasteiger partial charge in [0.1, 0.15) is 0 Å². The fourth-order valence-electron chi connectivity index (χ4n) is 2.60. The van der Waals surface area contributed by atoms with E-state index in [9.17, 15) is 4.79 Å². The minimum absolute atomic E-state index is 0.0960. The summed E-state index contributed by atoms with van der Waals surface area (Å²) in [6.07, 6.45) is 6.53. The summed E-state index contributed by atoms with van der Waals surface area (Å²) >= 11 is 0. The lowest BCUT2D eigenvalue weighted by Gasteiger charge is -2.21. The zero-order valence-corrected chi connectivity index (χ0v) is 11.5. The third-order valence-electron chi connectivity index (χ3n) is 3.65. The molecule has 0 aromatic heterocycles. The van der Waals surface area contributed by atoms with Crippen molar-refractivity contribution >= 4 is 15.3 Å². The highest BCUT2D eigenvalue weighted by atomic mass is 31.0. The van der Waals surface area contributed by atoms with Crippen molar-refractivity contribution in [1.29, 1.82) is 0 Å². The van der Waals surface area contributed by atoms with Crippen molar-refractivity contribution in [3.63, 3.8) is 0 Å². The van der Waals surface area contributed by atoms with Gasteiger partial charge in [0.05, 0.1) is 5.54 Å². The number of carbonyl (C=O) groups excluding carboxylic acids is 1. The Morgan fingerprint density at radius 2 is 1.94 bits per heavy atom. The molecule has 1 amide bonds. The maximum atomic E-state index is 11.9. The lowest BCUT2D eigenvalue weighted by Crippen LogP contribution is -2.27. The molecule has 1 saturated carbocycles. The van der Waals surface area contributed by atoms with Gasteiger partial charge in [0.15, 0.2) is 0 Å². The molecule has 0 aromatic carbocycles. The maximum absolute atomic E-state index is 11.9. The monoisotopic (exact) mass is 237 g/mol. The summed E-state index contributed by atoms with van der Waals surface area (Å²) in [7, 11) is 2.60. The second kappa shape index (κ2) is 4.00. The molecule has 88 valence electrons. The maximum Gasteiger partial charge on any atom is 0.253 e. The fraction of sp³-hybridized carbons (Fsp3) is 0.615. The number of carbonyl (C=O) groups is 1. The average Bonchev–Trinajstić information content (AvgIpc) is 3.07. The first-order valence-electron chi connectivity index (χ1n) is 6.15. The van der Waals surface area contributed by atoms with Crippen LogP contribution in [0.25, 0.3) is 0 Å². The Balaban J connectivity index is 0.000000457. The van der Waals surface area contributed by atoms with Crippen LogP contribution in [0.3, 0.4) is 0 Å². The van der Waals surface area contributed by atoms with E-state index < -0.39 is 0 Å². The zero-order valence-electron chi connectivity index (χ0n) is 10.3. The van der Waals surface area contributed by atoms with Gasteiger partial charge in [-0.05, 0) is 47.6 Å². The Morgan fingerprint density at radius 3 is 2.50 bits per heavy atom. The SMILES string of the molecule is CC.CC1=CC2=C(CC1)C(=O)N(P)C21CC1. The largest absolute Gasteiger partial charge is 0.314 e. The van der Waals surface area contributed by atoms with Gasteiger partial charge in [-0.25, -0.2) is 0 Å². The van der Waals surface area contributed by atoms with Gasteiger partial charge in [-0.1, -0.05) is 25.5 Å². The van der Waals surface area contributed by atoms with Crippen LogP contribution in [-0.2, 0) is 4.79 Å². The van der Waals surface area contributed by atoms with Crippen LogP contribution in [-0.4, -0.2) is 16.1 Å². The Bertz CT molecular complexity index is 391.